The lowest BCUT2D eigenvalue weighted by molar-refractivity contribution is -0.128. The van der Waals surface area contributed by atoms with Gasteiger partial charge in [-0.2, -0.15) is 0 Å². The molecule has 3 fully saturated rings. The summed E-state index contributed by atoms with van der Waals surface area (Å²) in [6.45, 7) is 2.39. The molecule has 2 atom stereocenters. The zero-order chi connectivity index (χ0) is 18.9. The van der Waals surface area contributed by atoms with Gasteiger partial charge in [0.25, 0.3) is 0 Å². The molecule has 0 radical (unpaired) electrons. The molecule has 2 heterocycles. The van der Waals surface area contributed by atoms with Crippen molar-refractivity contribution in [2.75, 3.05) is 37.0 Å². The number of carbonyl (C=O) groups is 2. The van der Waals surface area contributed by atoms with E-state index >= 15 is 0 Å². The van der Waals surface area contributed by atoms with Gasteiger partial charge in [0.2, 0.25) is 11.8 Å². The lowest BCUT2D eigenvalue weighted by Crippen LogP contribution is -2.44. The molecule has 27 heavy (non-hydrogen) atoms. The number of nitrogens with one attached hydrogen (secondary N) is 2. The number of ether oxygens (including phenoxy) is 1. The summed E-state index contributed by atoms with van der Waals surface area (Å²) in [6, 6.07) is 5.60. The van der Waals surface area contributed by atoms with Crippen LogP contribution in [-0.4, -0.2) is 38.6 Å². The van der Waals surface area contributed by atoms with E-state index < -0.39 is 0 Å². The Labute approximate surface area is 160 Å². The highest BCUT2D eigenvalue weighted by molar-refractivity contribution is 5.99. The highest BCUT2D eigenvalue weighted by atomic mass is 16.5. The monoisotopic (exact) mass is 371 g/mol. The normalized spacial score (nSPS) is 28.0. The summed E-state index contributed by atoms with van der Waals surface area (Å²) in [4.78, 5) is 27.4. The molecule has 2 aliphatic heterocycles. The van der Waals surface area contributed by atoms with Crippen LogP contribution in [-0.2, 0) is 9.59 Å². The molecular formula is C21H29N3O3. The van der Waals surface area contributed by atoms with Crippen LogP contribution in [0.2, 0.25) is 0 Å². The minimum absolute atomic E-state index is 0.110. The van der Waals surface area contributed by atoms with E-state index in [9.17, 15) is 9.59 Å². The maximum Gasteiger partial charge on any atom is 0.232 e. The van der Waals surface area contributed by atoms with E-state index in [2.05, 4.69) is 10.6 Å². The number of amides is 2. The first kappa shape index (κ1) is 18.3. The average molecular weight is 371 g/mol. The van der Waals surface area contributed by atoms with Crippen molar-refractivity contribution < 1.29 is 14.3 Å². The van der Waals surface area contributed by atoms with E-state index in [4.69, 9.17) is 4.74 Å². The zero-order valence-electron chi connectivity index (χ0n) is 16.1. The van der Waals surface area contributed by atoms with E-state index in [-0.39, 0.29) is 17.2 Å². The molecule has 6 nitrogen and oxygen atoms in total. The van der Waals surface area contributed by atoms with E-state index in [1.165, 1.54) is 6.42 Å². The molecule has 4 rings (SSSR count). The van der Waals surface area contributed by atoms with Crippen molar-refractivity contribution in [3.8, 4) is 5.75 Å². The second-order valence-electron chi connectivity index (χ2n) is 8.07. The van der Waals surface area contributed by atoms with Gasteiger partial charge in [0, 0.05) is 25.2 Å². The molecule has 0 aromatic heterocycles. The summed E-state index contributed by atoms with van der Waals surface area (Å²) >= 11 is 0. The number of anilines is 2. The molecule has 1 aromatic carbocycles. The van der Waals surface area contributed by atoms with Crippen molar-refractivity contribution in [2.24, 2.45) is 11.3 Å². The standard InChI is InChI=1S/C21H29N3O3/c1-27-18-9-8-16(12-17(18)24-11-5-3-7-19(24)25)23-20(26)21-10-4-2-6-15(21)13-22-14-21/h8-9,12,15,22H,2-7,10-11,13-14H2,1H3,(H,23,26)/t15-,21+/m0/s1. The highest BCUT2D eigenvalue weighted by Gasteiger charge is 2.49. The second-order valence-corrected chi connectivity index (χ2v) is 8.07. The first-order chi connectivity index (χ1) is 13.1. The Bertz CT molecular complexity index is 735. The number of carbonyl (C=O) groups excluding carboxylic acids is 2. The first-order valence-electron chi connectivity index (χ1n) is 10.1. The zero-order valence-corrected chi connectivity index (χ0v) is 16.1. The number of nitrogens with zero attached hydrogens (tertiary/aromatic N) is 1. The van der Waals surface area contributed by atoms with Gasteiger partial charge in [0.05, 0.1) is 18.2 Å². The minimum Gasteiger partial charge on any atom is -0.495 e. The Morgan fingerprint density at radius 2 is 2.19 bits per heavy atom. The molecule has 0 unspecified atom stereocenters. The van der Waals surface area contributed by atoms with Crippen LogP contribution in [0.25, 0.3) is 0 Å². The van der Waals surface area contributed by atoms with Crippen LogP contribution in [0.5, 0.6) is 5.75 Å². The SMILES string of the molecule is COc1ccc(NC(=O)[C@@]23CCCC[C@H]2CNC3)cc1N1CCCCC1=O. The van der Waals surface area contributed by atoms with Gasteiger partial charge in [-0.3, -0.25) is 9.59 Å². The van der Waals surface area contributed by atoms with E-state index in [1.54, 1.807) is 12.0 Å². The van der Waals surface area contributed by atoms with Crippen molar-refractivity contribution in [1.29, 1.82) is 0 Å². The maximum atomic E-state index is 13.2. The van der Waals surface area contributed by atoms with Gasteiger partial charge >= 0.3 is 0 Å². The van der Waals surface area contributed by atoms with Crippen molar-refractivity contribution in [3.63, 3.8) is 0 Å². The molecule has 146 valence electrons. The third kappa shape index (κ3) is 3.31. The Hall–Kier alpha value is -2.08. The van der Waals surface area contributed by atoms with Gasteiger partial charge in [-0.1, -0.05) is 12.8 Å². The number of hydrogen-bond donors (Lipinski definition) is 2. The van der Waals surface area contributed by atoms with Crippen molar-refractivity contribution in [3.05, 3.63) is 18.2 Å². The van der Waals surface area contributed by atoms with Gasteiger partial charge in [0.1, 0.15) is 5.75 Å². The second kappa shape index (κ2) is 7.50. The van der Waals surface area contributed by atoms with Crippen LogP contribution in [0.1, 0.15) is 44.9 Å². The van der Waals surface area contributed by atoms with Crippen LogP contribution >= 0.6 is 0 Å². The molecule has 0 spiro atoms. The molecule has 6 heteroatoms. The van der Waals surface area contributed by atoms with Gasteiger partial charge < -0.3 is 20.3 Å². The quantitative estimate of drug-likeness (QED) is 0.854. The lowest BCUT2D eigenvalue weighted by Gasteiger charge is -2.37. The largest absolute Gasteiger partial charge is 0.495 e. The summed E-state index contributed by atoms with van der Waals surface area (Å²) in [5.74, 6) is 1.32. The van der Waals surface area contributed by atoms with Gasteiger partial charge in [-0.15, -0.1) is 0 Å². The number of fused-ring (bicyclic) bond motifs is 1. The Balaban J connectivity index is 1.58. The third-order valence-corrected chi connectivity index (χ3v) is 6.54. The average Bonchev–Trinajstić information content (AvgIpc) is 3.14. The number of hydrogen-bond acceptors (Lipinski definition) is 4. The Morgan fingerprint density at radius 3 is 3.00 bits per heavy atom. The van der Waals surface area contributed by atoms with Crippen LogP contribution in [0.15, 0.2) is 18.2 Å². The van der Waals surface area contributed by atoms with E-state index in [1.807, 2.05) is 18.2 Å². The number of rotatable bonds is 4. The lowest BCUT2D eigenvalue weighted by atomic mass is 9.67. The van der Waals surface area contributed by atoms with Gasteiger partial charge in [-0.25, -0.2) is 0 Å². The number of benzene rings is 1. The molecule has 2 N–H and O–H groups in total. The summed E-state index contributed by atoms with van der Waals surface area (Å²) < 4.78 is 5.47. The van der Waals surface area contributed by atoms with E-state index in [0.717, 1.165) is 56.6 Å². The van der Waals surface area contributed by atoms with Crippen molar-refractivity contribution in [2.45, 2.75) is 44.9 Å². The smallest absolute Gasteiger partial charge is 0.232 e. The number of piperidine rings is 1. The van der Waals surface area contributed by atoms with Gasteiger partial charge in [0.15, 0.2) is 0 Å². The molecule has 1 saturated carbocycles. The molecule has 1 aliphatic carbocycles. The maximum absolute atomic E-state index is 13.2. The van der Waals surface area contributed by atoms with E-state index in [0.29, 0.717) is 24.6 Å². The summed E-state index contributed by atoms with van der Waals surface area (Å²) in [6.07, 6.45) is 6.89. The molecule has 0 bridgehead atoms. The minimum atomic E-state index is -0.292. The van der Waals surface area contributed by atoms with Crippen molar-refractivity contribution in [1.82, 2.24) is 5.32 Å². The fourth-order valence-electron chi connectivity index (χ4n) is 4.99. The van der Waals surface area contributed by atoms with Crippen LogP contribution in [0.4, 0.5) is 11.4 Å². The van der Waals surface area contributed by atoms with Gasteiger partial charge in [-0.05, 0) is 56.3 Å². The molecule has 1 aromatic rings. The summed E-state index contributed by atoms with van der Waals surface area (Å²) in [5.41, 5.74) is 1.20. The van der Waals surface area contributed by atoms with Crippen LogP contribution in [0.3, 0.4) is 0 Å². The first-order valence-corrected chi connectivity index (χ1v) is 10.1. The highest BCUT2D eigenvalue weighted by Crippen LogP contribution is 2.45. The molecule has 3 aliphatic rings. The Kier molecular flexibility index (Phi) is 5.08. The molecular weight excluding hydrogens is 342 g/mol. The van der Waals surface area contributed by atoms with Crippen LogP contribution in [0, 0.1) is 11.3 Å². The van der Waals surface area contributed by atoms with Crippen LogP contribution < -0.4 is 20.3 Å². The summed E-state index contributed by atoms with van der Waals surface area (Å²) in [7, 11) is 1.61. The predicted octanol–water partition coefficient (Wildman–Crippen LogP) is 2.93. The summed E-state index contributed by atoms with van der Waals surface area (Å²) in [5, 5.41) is 6.57. The van der Waals surface area contributed by atoms with Crippen molar-refractivity contribution >= 4 is 23.2 Å². The predicted molar refractivity (Wildman–Crippen MR) is 105 cm³/mol. The molecule has 2 amide bonds. The fourth-order valence-corrected chi connectivity index (χ4v) is 4.99. The number of methoxy groups -OCH3 is 1. The molecule has 2 saturated heterocycles. The topological polar surface area (TPSA) is 70.7 Å². The fraction of sp³-hybridized carbons (Fsp3) is 0.619. The Morgan fingerprint density at radius 1 is 1.30 bits per heavy atom. The third-order valence-electron chi connectivity index (χ3n) is 6.54.